The third kappa shape index (κ3) is 3.19. The summed E-state index contributed by atoms with van der Waals surface area (Å²) in [6.07, 6.45) is 0.433. The molecule has 1 saturated heterocycles. The third-order valence-electron chi connectivity index (χ3n) is 4.06. The van der Waals surface area contributed by atoms with E-state index >= 15 is 0 Å². The van der Waals surface area contributed by atoms with E-state index in [1.807, 2.05) is 31.2 Å². The molecule has 1 fully saturated rings. The Morgan fingerprint density at radius 3 is 2.50 bits per heavy atom. The van der Waals surface area contributed by atoms with Crippen LogP contribution in [0.25, 0.3) is 0 Å². The fourth-order valence-corrected chi connectivity index (χ4v) is 3.13. The highest BCUT2D eigenvalue weighted by Crippen LogP contribution is 2.58. The summed E-state index contributed by atoms with van der Waals surface area (Å²) in [4.78, 5) is 0. The van der Waals surface area contributed by atoms with Crippen molar-refractivity contribution in [2.24, 2.45) is 0 Å². The van der Waals surface area contributed by atoms with E-state index in [0.29, 0.717) is 5.56 Å². The SMILES string of the molecule is Cc1ccccc1C1OC1(COS(C)(=O)=O)c1ccc(F)c(F)c1. The van der Waals surface area contributed by atoms with Gasteiger partial charge in [-0.15, -0.1) is 0 Å². The number of aryl methyl sites for hydroxylation is 1. The predicted molar refractivity (Wildman–Crippen MR) is 83.8 cm³/mol. The molecule has 0 bridgehead atoms. The first kappa shape index (κ1) is 17.0. The third-order valence-corrected chi connectivity index (χ3v) is 4.61. The standard InChI is InChI=1S/C17H16F2O4S/c1-11-5-3-4-6-13(11)16-17(23-16,10-22-24(2,20)21)12-7-8-14(18)15(19)9-12/h3-9,16H,10H2,1-2H3. The number of epoxide rings is 1. The first-order valence-electron chi connectivity index (χ1n) is 7.26. The molecule has 0 N–H and O–H groups in total. The summed E-state index contributed by atoms with van der Waals surface area (Å²) in [5.74, 6) is -2.00. The lowest BCUT2D eigenvalue weighted by molar-refractivity contribution is 0.194. The summed E-state index contributed by atoms with van der Waals surface area (Å²) >= 11 is 0. The Labute approximate surface area is 139 Å². The summed E-state index contributed by atoms with van der Waals surface area (Å²) in [6.45, 7) is 1.58. The van der Waals surface area contributed by atoms with Crippen LogP contribution >= 0.6 is 0 Å². The van der Waals surface area contributed by atoms with Crippen LogP contribution in [-0.2, 0) is 24.6 Å². The van der Waals surface area contributed by atoms with Crippen LogP contribution in [-0.4, -0.2) is 21.3 Å². The van der Waals surface area contributed by atoms with Crippen LogP contribution in [0.1, 0.15) is 22.8 Å². The number of benzene rings is 2. The summed E-state index contributed by atoms with van der Waals surface area (Å²) in [6, 6.07) is 10.8. The molecule has 3 rings (SSSR count). The van der Waals surface area contributed by atoms with Gasteiger partial charge in [0.1, 0.15) is 18.3 Å². The van der Waals surface area contributed by atoms with Crippen molar-refractivity contribution in [3.05, 3.63) is 70.8 Å². The largest absolute Gasteiger partial charge is 0.353 e. The molecule has 1 heterocycles. The maximum absolute atomic E-state index is 13.6. The predicted octanol–water partition coefficient (Wildman–Crippen LogP) is 3.22. The Kier molecular flexibility index (Phi) is 4.19. The van der Waals surface area contributed by atoms with Crippen LogP contribution in [0.4, 0.5) is 8.78 Å². The molecule has 128 valence electrons. The van der Waals surface area contributed by atoms with Gasteiger partial charge in [-0.1, -0.05) is 30.3 Å². The van der Waals surface area contributed by atoms with Gasteiger partial charge in [0.15, 0.2) is 11.6 Å². The van der Waals surface area contributed by atoms with Crippen molar-refractivity contribution in [2.75, 3.05) is 12.9 Å². The van der Waals surface area contributed by atoms with Gasteiger partial charge >= 0.3 is 0 Å². The Morgan fingerprint density at radius 1 is 1.17 bits per heavy atom. The molecule has 7 heteroatoms. The highest BCUT2D eigenvalue weighted by Gasteiger charge is 2.60. The molecule has 0 spiro atoms. The van der Waals surface area contributed by atoms with Gasteiger partial charge in [-0.05, 0) is 35.7 Å². The fourth-order valence-electron chi connectivity index (χ4n) is 2.74. The van der Waals surface area contributed by atoms with E-state index in [2.05, 4.69) is 0 Å². The highest BCUT2D eigenvalue weighted by atomic mass is 32.2. The van der Waals surface area contributed by atoms with Gasteiger partial charge in [0.25, 0.3) is 10.1 Å². The van der Waals surface area contributed by atoms with Crippen LogP contribution in [0.5, 0.6) is 0 Å². The van der Waals surface area contributed by atoms with Crippen LogP contribution in [0.2, 0.25) is 0 Å². The van der Waals surface area contributed by atoms with E-state index in [-0.39, 0.29) is 6.61 Å². The first-order chi connectivity index (χ1) is 11.2. The van der Waals surface area contributed by atoms with E-state index < -0.39 is 33.5 Å². The molecule has 0 aliphatic carbocycles. The van der Waals surface area contributed by atoms with Crippen LogP contribution in [0, 0.1) is 18.6 Å². The minimum absolute atomic E-state index is 0.310. The average molecular weight is 354 g/mol. The summed E-state index contributed by atoms with van der Waals surface area (Å²) in [5.41, 5.74) is 0.966. The second-order valence-corrected chi connectivity index (χ2v) is 7.48. The van der Waals surface area contributed by atoms with E-state index in [4.69, 9.17) is 8.92 Å². The quantitative estimate of drug-likeness (QED) is 0.611. The van der Waals surface area contributed by atoms with Gasteiger partial charge in [0.05, 0.1) is 6.26 Å². The average Bonchev–Trinajstić information content (AvgIpc) is 3.24. The molecule has 0 amide bonds. The van der Waals surface area contributed by atoms with Gasteiger partial charge < -0.3 is 4.74 Å². The van der Waals surface area contributed by atoms with Gasteiger partial charge in [-0.2, -0.15) is 8.42 Å². The lowest BCUT2D eigenvalue weighted by atomic mass is 9.90. The van der Waals surface area contributed by atoms with Gasteiger partial charge in [-0.3, -0.25) is 4.18 Å². The lowest BCUT2D eigenvalue weighted by Gasteiger charge is -2.14. The molecule has 0 aromatic heterocycles. The van der Waals surface area contributed by atoms with Crippen LogP contribution in [0.3, 0.4) is 0 Å². The van der Waals surface area contributed by atoms with E-state index in [1.165, 1.54) is 6.07 Å². The molecule has 1 aliphatic heterocycles. The van der Waals surface area contributed by atoms with Crippen molar-refractivity contribution < 1.29 is 26.1 Å². The smallest absolute Gasteiger partial charge is 0.264 e. The minimum Gasteiger partial charge on any atom is -0.353 e. The molecule has 2 aromatic carbocycles. The number of ether oxygens (including phenoxy) is 1. The number of hydrogen-bond donors (Lipinski definition) is 0. The fraction of sp³-hybridized carbons (Fsp3) is 0.294. The molecular weight excluding hydrogens is 338 g/mol. The molecule has 1 aliphatic rings. The van der Waals surface area contributed by atoms with Crippen molar-refractivity contribution in [2.45, 2.75) is 18.6 Å². The zero-order valence-corrected chi connectivity index (χ0v) is 13.9. The number of halogens is 2. The second kappa shape index (κ2) is 5.91. The van der Waals surface area contributed by atoms with Crippen molar-refractivity contribution >= 4 is 10.1 Å². The maximum atomic E-state index is 13.6. The van der Waals surface area contributed by atoms with E-state index in [9.17, 15) is 17.2 Å². The first-order valence-corrected chi connectivity index (χ1v) is 9.08. The van der Waals surface area contributed by atoms with Crippen molar-refractivity contribution in [3.8, 4) is 0 Å². The van der Waals surface area contributed by atoms with E-state index in [0.717, 1.165) is 29.5 Å². The molecular formula is C17H16F2O4S. The molecule has 2 aromatic rings. The van der Waals surface area contributed by atoms with Crippen LogP contribution < -0.4 is 0 Å². The normalized spacial score (nSPS) is 23.2. The second-order valence-electron chi connectivity index (χ2n) is 5.84. The molecule has 0 radical (unpaired) electrons. The summed E-state index contributed by atoms with van der Waals surface area (Å²) in [5, 5.41) is 0. The molecule has 2 atom stereocenters. The van der Waals surface area contributed by atoms with Crippen molar-refractivity contribution in [3.63, 3.8) is 0 Å². The number of hydrogen-bond acceptors (Lipinski definition) is 4. The Bertz CT molecular complexity index is 882. The summed E-state index contributed by atoms with van der Waals surface area (Å²) < 4.78 is 60.2. The monoisotopic (exact) mass is 354 g/mol. The van der Waals surface area contributed by atoms with Crippen molar-refractivity contribution in [1.29, 1.82) is 0 Å². The van der Waals surface area contributed by atoms with Gasteiger partial charge in [0, 0.05) is 0 Å². The zero-order valence-electron chi connectivity index (χ0n) is 13.1. The molecule has 0 saturated carbocycles. The van der Waals surface area contributed by atoms with Crippen molar-refractivity contribution in [1.82, 2.24) is 0 Å². The highest BCUT2D eigenvalue weighted by molar-refractivity contribution is 7.85. The van der Waals surface area contributed by atoms with E-state index in [1.54, 1.807) is 0 Å². The Hall–Kier alpha value is -1.83. The Balaban J connectivity index is 2.00. The topological polar surface area (TPSA) is 55.9 Å². The van der Waals surface area contributed by atoms with Crippen LogP contribution in [0.15, 0.2) is 42.5 Å². The molecule has 4 nitrogen and oxygen atoms in total. The molecule has 24 heavy (non-hydrogen) atoms. The summed E-state index contributed by atoms with van der Waals surface area (Å²) in [7, 11) is -3.71. The maximum Gasteiger partial charge on any atom is 0.264 e. The molecule has 2 unspecified atom stereocenters. The van der Waals surface area contributed by atoms with Gasteiger partial charge in [-0.25, -0.2) is 8.78 Å². The number of rotatable bonds is 5. The van der Waals surface area contributed by atoms with Gasteiger partial charge in [0.2, 0.25) is 0 Å². The lowest BCUT2D eigenvalue weighted by Crippen LogP contribution is -2.21. The Morgan fingerprint density at radius 2 is 1.88 bits per heavy atom. The zero-order chi connectivity index (χ0) is 17.5. The minimum atomic E-state index is -3.71.